The molecule has 12 heteroatoms. The van der Waals surface area contributed by atoms with Gasteiger partial charge in [0.25, 0.3) is 5.91 Å². The molecule has 3 rings (SSSR count). The first-order valence-electron chi connectivity index (χ1n) is 12.8. The van der Waals surface area contributed by atoms with Crippen LogP contribution in [0.1, 0.15) is 80.0 Å². The van der Waals surface area contributed by atoms with Crippen LogP contribution in [0.25, 0.3) is 0 Å². The molecule has 4 unspecified atom stereocenters. The molecule has 0 saturated heterocycles. The second-order valence-electron chi connectivity index (χ2n) is 10.2. The molecule has 2 N–H and O–H groups in total. The first-order chi connectivity index (χ1) is 18.0. The van der Waals surface area contributed by atoms with Crippen LogP contribution in [-0.4, -0.2) is 62.9 Å². The number of hydrogen-bond donors (Lipinski definition) is 2. The Hall–Kier alpha value is -2.86. The quantitative estimate of drug-likeness (QED) is 0.329. The maximum Gasteiger partial charge on any atom is 0.306 e. The van der Waals surface area contributed by atoms with E-state index in [4.69, 9.17) is 4.74 Å². The topological polar surface area (TPSA) is 139 Å². The van der Waals surface area contributed by atoms with Crippen molar-refractivity contribution in [3.63, 3.8) is 0 Å². The van der Waals surface area contributed by atoms with Crippen LogP contribution in [0.2, 0.25) is 0 Å². The number of nitrogens with one attached hydrogen (secondary N) is 1. The van der Waals surface area contributed by atoms with Crippen molar-refractivity contribution in [3.8, 4) is 0 Å². The zero-order valence-corrected chi connectivity index (χ0v) is 24.0. The summed E-state index contributed by atoms with van der Waals surface area (Å²) < 4.78 is 5.61. The number of carbonyl (C=O) groups excluding carboxylic acids is 3. The molecule has 4 atom stereocenters. The minimum atomic E-state index is -0.937. The van der Waals surface area contributed by atoms with Gasteiger partial charge < -0.3 is 20.1 Å². The molecule has 1 saturated carbocycles. The van der Waals surface area contributed by atoms with E-state index in [1.807, 2.05) is 19.2 Å². The summed E-state index contributed by atoms with van der Waals surface area (Å²) >= 11 is 2.66. The predicted molar refractivity (Wildman–Crippen MR) is 144 cm³/mol. The number of carboxylic acids is 1. The van der Waals surface area contributed by atoms with Gasteiger partial charge in [0.15, 0.2) is 6.10 Å². The van der Waals surface area contributed by atoms with Crippen LogP contribution in [-0.2, 0) is 25.5 Å². The summed E-state index contributed by atoms with van der Waals surface area (Å²) in [5.41, 5.74) is 0.165. The number of rotatable bonds is 14. The molecular weight excluding hydrogens is 528 g/mol. The lowest BCUT2D eigenvalue weighted by molar-refractivity contribution is -0.148. The highest BCUT2D eigenvalue weighted by Crippen LogP contribution is 2.35. The standard InChI is InChI=1S/C26H36N4O6S2/c1-14(2)20(30(5)25(33)17-6-7-17)12-21(36-16(4)31)24-29-19(13-38-24)23(32)28-18(10-15(3)26(34)35)11-22-27-8-9-37-22/h8-9,13-15,17-18,20-21H,6-7,10-12H2,1-5H3,(H,28,32)(H,34,35). The lowest BCUT2D eigenvalue weighted by atomic mass is 9.96. The van der Waals surface area contributed by atoms with Crippen LogP contribution in [0.15, 0.2) is 17.0 Å². The number of ether oxygens (including phenoxy) is 1. The van der Waals surface area contributed by atoms with E-state index in [1.54, 1.807) is 30.4 Å². The largest absolute Gasteiger partial charge is 0.481 e. The summed E-state index contributed by atoms with van der Waals surface area (Å²) in [6, 6.07) is -0.615. The first-order valence-corrected chi connectivity index (χ1v) is 14.5. The Labute approximate surface area is 230 Å². The number of nitrogens with zero attached hydrogens (tertiary/aromatic N) is 3. The number of carboxylic acid groups (broad SMARTS) is 1. The van der Waals surface area contributed by atoms with Gasteiger partial charge in [-0.2, -0.15) is 0 Å². The van der Waals surface area contributed by atoms with Gasteiger partial charge in [-0.05, 0) is 25.2 Å². The van der Waals surface area contributed by atoms with Crippen molar-refractivity contribution in [2.45, 2.75) is 78.0 Å². The van der Waals surface area contributed by atoms with Crippen molar-refractivity contribution in [2.24, 2.45) is 17.8 Å². The third-order valence-electron chi connectivity index (χ3n) is 6.63. The Bertz CT molecular complexity index is 1110. The highest BCUT2D eigenvalue weighted by molar-refractivity contribution is 7.10. The van der Waals surface area contributed by atoms with Gasteiger partial charge in [0.2, 0.25) is 5.91 Å². The van der Waals surface area contributed by atoms with Gasteiger partial charge in [0, 0.05) is 61.8 Å². The summed E-state index contributed by atoms with van der Waals surface area (Å²) in [5, 5.41) is 17.0. The third-order valence-corrected chi connectivity index (χ3v) is 8.37. The smallest absolute Gasteiger partial charge is 0.306 e. The van der Waals surface area contributed by atoms with Crippen molar-refractivity contribution < 1.29 is 29.0 Å². The average Bonchev–Trinajstić information content (AvgIpc) is 3.34. The molecular formula is C26H36N4O6S2. The highest BCUT2D eigenvalue weighted by atomic mass is 32.1. The number of esters is 1. The van der Waals surface area contributed by atoms with E-state index in [1.165, 1.54) is 29.6 Å². The van der Waals surface area contributed by atoms with E-state index in [9.17, 15) is 24.3 Å². The summed E-state index contributed by atoms with van der Waals surface area (Å²) in [5.74, 6) is -2.20. The number of aliphatic carboxylic acids is 1. The second-order valence-corrected chi connectivity index (χ2v) is 12.1. The Morgan fingerprint density at radius 2 is 1.89 bits per heavy atom. The highest BCUT2D eigenvalue weighted by Gasteiger charge is 2.37. The van der Waals surface area contributed by atoms with Crippen LogP contribution >= 0.6 is 22.7 Å². The number of aromatic nitrogens is 2. The molecule has 0 bridgehead atoms. The molecule has 1 aliphatic carbocycles. The van der Waals surface area contributed by atoms with Crippen LogP contribution < -0.4 is 5.32 Å². The number of amides is 2. The van der Waals surface area contributed by atoms with E-state index in [0.717, 1.165) is 17.8 Å². The van der Waals surface area contributed by atoms with Crippen LogP contribution in [0.4, 0.5) is 0 Å². The average molecular weight is 565 g/mol. The fourth-order valence-corrected chi connectivity index (χ4v) is 5.90. The van der Waals surface area contributed by atoms with Crippen molar-refractivity contribution in [1.29, 1.82) is 0 Å². The SMILES string of the molecule is CC(=O)OC(CC(C(C)C)N(C)C(=O)C1CC1)c1nc(C(=O)NC(Cc2nccs2)CC(C)C(=O)O)cs1. The number of carbonyl (C=O) groups is 4. The predicted octanol–water partition coefficient (Wildman–Crippen LogP) is 3.94. The molecule has 0 radical (unpaired) electrons. The lowest BCUT2D eigenvalue weighted by Crippen LogP contribution is -2.42. The molecule has 2 heterocycles. The van der Waals surface area contributed by atoms with Gasteiger partial charge in [0.05, 0.1) is 10.9 Å². The third kappa shape index (κ3) is 8.32. The Morgan fingerprint density at radius 3 is 2.45 bits per heavy atom. The van der Waals surface area contributed by atoms with Crippen molar-refractivity contribution in [3.05, 3.63) is 32.7 Å². The zero-order chi connectivity index (χ0) is 28.0. The maximum absolute atomic E-state index is 13.1. The lowest BCUT2D eigenvalue weighted by Gasteiger charge is -2.33. The molecule has 0 aromatic carbocycles. The summed E-state index contributed by atoms with van der Waals surface area (Å²) in [6.45, 7) is 6.97. The van der Waals surface area contributed by atoms with Crippen LogP contribution in [0.3, 0.4) is 0 Å². The zero-order valence-electron chi connectivity index (χ0n) is 22.4. The fourth-order valence-electron chi connectivity index (χ4n) is 4.36. The molecule has 0 aliphatic heterocycles. The fraction of sp³-hybridized carbons (Fsp3) is 0.615. The first kappa shape index (κ1) is 29.7. The summed E-state index contributed by atoms with van der Waals surface area (Å²) in [4.78, 5) is 59.7. The van der Waals surface area contributed by atoms with Gasteiger partial charge in [0.1, 0.15) is 10.7 Å². The molecule has 2 aromatic heterocycles. The molecule has 1 fully saturated rings. The Kier molecular flexibility index (Phi) is 10.4. The van der Waals surface area contributed by atoms with Crippen LogP contribution in [0.5, 0.6) is 0 Å². The van der Waals surface area contributed by atoms with E-state index in [0.29, 0.717) is 17.8 Å². The van der Waals surface area contributed by atoms with Crippen molar-refractivity contribution in [2.75, 3.05) is 7.05 Å². The summed E-state index contributed by atoms with van der Waals surface area (Å²) in [7, 11) is 1.79. The van der Waals surface area contributed by atoms with Gasteiger partial charge in [-0.25, -0.2) is 9.97 Å². The summed E-state index contributed by atoms with van der Waals surface area (Å²) in [6.07, 6.45) is 3.78. The molecule has 1 aliphatic rings. The maximum atomic E-state index is 13.1. The monoisotopic (exact) mass is 564 g/mol. The minimum Gasteiger partial charge on any atom is -0.481 e. The van der Waals surface area contributed by atoms with Crippen molar-refractivity contribution >= 4 is 46.4 Å². The number of thiazole rings is 2. The second kappa shape index (κ2) is 13.3. The molecule has 38 heavy (non-hydrogen) atoms. The Morgan fingerprint density at radius 1 is 1.18 bits per heavy atom. The van der Waals surface area contributed by atoms with E-state index in [2.05, 4.69) is 15.3 Å². The van der Waals surface area contributed by atoms with E-state index >= 15 is 0 Å². The molecule has 2 aromatic rings. The molecule has 208 valence electrons. The van der Waals surface area contributed by atoms with E-state index in [-0.39, 0.29) is 35.9 Å². The van der Waals surface area contributed by atoms with Crippen molar-refractivity contribution in [1.82, 2.24) is 20.2 Å². The van der Waals surface area contributed by atoms with Crippen LogP contribution in [0, 0.1) is 17.8 Å². The van der Waals surface area contributed by atoms with Gasteiger partial charge in [-0.3, -0.25) is 19.2 Å². The molecule has 2 amide bonds. The normalized spacial score (nSPS) is 16.4. The van der Waals surface area contributed by atoms with E-state index < -0.39 is 35.9 Å². The molecule has 0 spiro atoms. The van der Waals surface area contributed by atoms with Gasteiger partial charge in [-0.15, -0.1) is 22.7 Å². The minimum absolute atomic E-state index is 0.0738. The number of hydrogen-bond acceptors (Lipinski definition) is 9. The van der Waals surface area contributed by atoms with Gasteiger partial charge in [-0.1, -0.05) is 20.8 Å². The van der Waals surface area contributed by atoms with Gasteiger partial charge >= 0.3 is 11.9 Å². The Balaban J connectivity index is 1.75. The molecule has 10 nitrogen and oxygen atoms in total.